The van der Waals surface area contributed by atoms with Crippen molar-refractivity contribution >= 4 is 5.82 Å². The molecule has 2 unspecified atom stereocenters. The minimum Gasteiger partial charge on any atom is -0.478 e. The standard InChI is InChI=1S/C13H21N3O2/c1-2-6-18-13-7-12(14-9-15-13)16-11-5-3-4-10(11)8-17/h7,9-11,17H,2-6,8H2,1H3,(H,14,15,16). The average Bonchev–Trinajstić information content (AvgIpc) is 2.84. The van der Waals surface area contributed by atoms with E-state index in [1.54, 1.807) is 0 Å². The van der Waals surface area contributed by atoms with Crippen LogP contribution in [-0.4, -0.2) is 34.3 Å². The van der Waals surface area contributed by atoms with Gasteiger partial charge in [-0.3, -0.25) is 0 Å². The zero-order valence-electron chi connectivity index (χ0n) is 10.8. The third-order valence-corrected chi connectivity index (χ3v) is 3.32. The molecule has 100 valence electrons. The summed E-state index contributed by atoms with van der Waals surface area (Å²) < 4.78 is 5.47. The van der Waals surface area contributed by atoms with Crippen LogP contribution in [0.2, 0.25) is 0 Å². The maximum Gasteiger partial charge on any atom is 0.218 e. The zero-order chi connectivity index (χ0) is 12.8. The third-order valence-electron chi connectivity index (χ3n) is 3.32. The summed E-state index contributed by atoms with van der Waals surface area (Å²) in [5.74, 6) is 1.72. The minimum atomic E-state index is 0.238. The van der Waals surface area contributed by atoms with Gasteiger partial charge >= 0.3 is 0 Å². The molecule has 18 heavy (non-hydrogen) atoms. The Morgan fingerprint density at radius 3 is 3.11 bits per heavy atom. The molecule has 0 aromatic carbocycles. The average molecular weight is 251 g/mol. The van der Waals surface area contributed by atoms with Gasteiger partial charge in [0.1, 0.15) is 12.1 Å². The molecular weight excluding hydrogens is 230 g/mol. The molecule has 1 aromatic heterocycles. The van der Waals surface area contributed by atoms with Crippen molar-refractivity contribution in [2.24, 2.45) is 5.92 Å². The van der Waals surface area contributed by atoms with Crippen LogP contribution in [0.5, 0.6) is 5.88 Å². The van der Waals surface area contributed by atoms with E-state index in [0.29, 0.717) is 24.4 Å². The van der Waals surface area contributed by atoms with Crippen LogP contribution in [0.25, 0.3) is 0 Å². The monoisotopic (exact) mass is 251 g/mol. The van der Waals surface area contributed by atoms with Crippen molar-refractivity contribution in [3.05, 3.63) is 12.4 Å². The number of aliphatic hydroxyl groups excluding tert-OH is 1. The second-order valence-corrected chi connectivity index (χ2v) is 4.71. The molecule has 0 saturated heterocycles. The Morgan fingerprint density at radius 2 is 2.33 bits per heavy atom. The SMILES string of the molecule is CCCOc1cc(NC2CCCC2CO)ncn1. The molecular formula is C13H21N3O2. The molecule has 1 saturated carbocycles. The van der Waals surface area contributed by atoms with Crippen molar-refractivity contribution in [3.8, 4) is 5.88 Å². The lowest BCUT2D eigenvalue weighted by molar-refractivity contribution is 0.222. The predicted octanol–water partition coefficient (Wildman–Crippen LogP) is 1.84. The first-order valence-corrected chi connectivity index (χ1v) is 6.65. The maximum absolute atomic E-state index is 9.29. The number of aliphatic hydroxyl groups is 1. The summed E-state index contributed by atoms with van der Waals surface area (Å²) in [6, 6.07) is 2.13. The van der Waals surface area contributed by atoms with Crippen molar-refractivity contribution in [2.45, 2.75) is 38.6 Å². The van der Waals surface area contributed by atoms with Crippen molar-refractivity contribution in [3.63, 3.8) is 0 Å². The molecule has 1 heterocycles. The van der Waals surface area contributed by atoms with Gasteiger partial charge in [0.15, 0.2) is 0 Å². The van der Waals surface area contributed by atoms with E-state index in [1.807, 2.05) is 6.07 Å². The fraction of sp³-hybridized carbons (Fsp3) is 0.692. The van der Waals surface area contributed by atoms with Crippen LogP contribution in [-0.2, 0) is 0 Å². The number of ether oxygens (including phenoxy) is 1. The lowest BCUT2D eigenvalue weighted by atomic mass is 10.1. The van der Waals surface area contributed by atoms with Crippen LogP contribution in [0.3, 0.4) is 0 Å². The molecule has 0 bridgehead atoms. The smallest absolute Gasteiger partial charge is 0.218 e. The van der Waals surface area contributed by atoms with E-state index >= 15 is 0 Å². The first-order chi connectivity index (χ1) is 8.83. The van der Waals surface area contributed by atoms with E-state index in [9.17, 15) is 5.11 Å². The number of nitrogens with zero attached hydrogens (tertiary/aromatic N) is 2. The van der Waals surface area contributed by atoms with E-state index < -0.39 is 0 Å². The highest BCUT2D eigenvalue weighted by Gasteiger charge is 2.26. The molecule has 2 atom stereocenters. The molecule has 2 rings (SSSR count). The summed E-state index contributed by atoms with van der Waals surface area (Å²) in [5.41, 5.74) is 0. The lowest BCUT2D eigenvalue weighted by Gasteiger charge is -2.19. The number of anilines is 1. The molecule has 1 aromatic rings. The Labute approximate surface area is 108 Å². The van der Waals surface area contributed by atoms with Gasteiger partial charge in [0, 0.05) is 24.6 Å². The van der Waals surface area contributed by atoms with Crippen LogP contribution in [0, 0.1) is 5.92 Å². The van der Waals surface area contributed by atoms with Crippen molar-refractivity contribution in [1.82, 2.24) is 9.97 Å². The number of rotatable bonds is 6. The molecule has 1 aliphatic carbocycles. The summed E-state index contributed by atoms with van der Waals surface area (Å²) >= 11 is 0. The molecule has 0 radical (unpaired) electrons. The summed E-state index contributed by atoms with van der Waals surface area (Å²) in [6.07, 6.45) is 5.80. The number of hydrogen-bond acceptors (Lipinski definition) is 5. The van der Waals surface area contributed by atoms with Crippen LogP contribution in [0.1, 0.15) is 32.6 Å². The summed E-state index contributed by atoms with van der Waals surface area (Å²) in [4.78, 5) is 8.26. The van der Waals surface area contributed by atoms with Crippen LogP contribution < -0.4 is 10.1 Å². The Bertz CT molecular complexity index is 373. The predicted molar refractivity (Wildman–Crippen MR) is 69.7 cm³/mol. The zero-order valence-corrected chi connectivity index (χ0v) is 10.8. The normalized spacial score (nSPS) is 23.0. The highest BCUT2D eigenvalue weighted by molar-refractivity contribution is 5.38. The van der Waals surface area contributed by atoms with Gasteiger partial charge in [-0.25, -0.2) is 9.97 Å². The topological polar surface area (TPSA) is 67.3 Å². The van der Waals surface area contributed by atoms with Gasteiger partial charge in [0.05, 0.1) is 6.61 Å². The largest absolute Gasteiger partial charge is 0.478 e. The maximum atomic E-state index is 9.29. The molecule has 2 N–H and O–H groups in total. The molecule has 5 nitrogen and oxygen atoms in total. The van der Waals surface area contributed by atoms with E-state index in [4.69, 9.17) is 4.74 Å². The Morgan fingerprint density at radius 1 is 1.44 bits per heavy atom. The summed E-state index contributed by atoms with van der Waals surface area (Å²) in [6.45, 7) is 2.96. The van der Waals surface area contributed by atoms with Crippen LogP contribution >= 0.6 is 0 Å². The van der Waals surface area contributed by atoms with Gasteiger partial charge in [-0.2, -0.15) is 0 Å². The number of hydrogen-bond donors (Lipinski definition) is 2. The van der Waals surface area contributed by atoms with Crippen LogP contribution in [0.15, 0.2) is 12.4 Å². The van der Waals surface area contributed by atoms with Gasteiger partial charge in [0.25, 0.3) is 0 Å². The van der Waals surface area contributed by atoms with E-state index in [1.165, 1.54) is 6.33 Å². The Kier molecular flexibility index (Phi) is 4.75. The first-order valence-electron chi connectivity index (χ1n) is 6.65. The van der Waals surface area contributed by atoms with Crippen LogP contribution in [0.4, 0.5) is 5.82 Å². The highest BCUT2D eigenvalue weighted by Crippen LogP contribution is 2.28. The molecule has 1 aliphatic rings. The third kappa shape index (κ3) is 3.32. The summed E-state index contributed by atoms with van der Waals surface area (Å²) in [7, 11) is 0. The highest BCUT2D eigenvalue weighted by atomic mass is 16.5. The van der Waals surface area contributed by atoms with Crippen molar-refractivity contribution in [1.29, 1.82) is 0 Å². The number of nitrogens with one attached hydrogen (secondary N) is 1. The summed E-state index contributed by atoms with van der Waals surface area (Å²) in [5, 5.41) is 12.7. The molecule has 0 amide bonds. The minimum absolute atomic E-state index is 0.238. The lowest BCUT2D eigenvalue weighted by Crippen LogP contribution is -2.26. The Balaban J connectivity index is 1.96. The molecule has 1 fully saturated rings. The van der Waals surface area contributed by atoms with Gasteiger partial charge in [0.2, 0.25) is 5.88 Å². The molecule has 5 heteroatoms. The van der Waals surface area contributed by atoms with E-state index in [-0.39, 0.29) is 6.61 Å². The second kappa shape index (κ2) is 6.54. The van der Waals surface area contributed by atoms with Gasteiger partial charge in [-0.1, -0.05) is 13.3 Å². The fourth-order valence-electron chi connectivity index (χ4n) is 2.34. The Hall–Kier alpha value is -1.36. The first kappa shape index (κ1) is 13.1. The van der Waals surface area contributed by atoms with E-state index in [2.05, 4.69) is 22.2 Å². The van der Waals surface area contributed by atoms with Crippen molar-refractivity contribution < 1.29 is 9.84 Å². The quantitative estimate of drug-likeness (QED) is 0.807. The van der Waals surface area contributed by atoms with E-state index in [0.717, 1.165) is 31.5 Å². The molecule has 0 aliphatic heterocycles. The second-order valence-electron chi connectivity index (χ2n) is 4.71. The fourth-order valence-corrected chi connectivity index (χ4v) is 2.34. The van der Waals surface area contributed by atoms with Gasteiger partial charge < -0.3 is 15.2 Å². The van der Waals surface area contributed by atoms with Gasteiger partial charge in [-0.05, 0) is 19.3 Å². The molecule has 0 spiro atoms. The van der Waals surface area contributed by atoms with Gasteiger partial charge in [-0.15, -0.1) is 0 Å². The van der Waals surface area contributed by atoms with Crippen molar-refractivity contribution in [2.75, 3.05) is 18.5 Å². The number of aromatic nitrogens is 2.